The van der Waals surface area contributed by atoms with Crippen LogP contribution in [0, 0.1) is 13.8 Å². The van der Waals surface area contributed by atoms with Crippen LogP contribution in [0.4, 0.5) is 14.5 Å². The van der Waals surface area contributed by atoms with Gasteiger partial charge in [-0.05, 0) is 38.2 Å². The number of hydrogen-bond donors (Lipinski definition) is 2. The number of halogens is 2. The van der Waals surface area contributed by atoms with Gasteiger partial charge in [0.25, 0.3) is 0 Å². The van der Waals surface area contributed by atoms with Crippen LogP contribution in [0.25, 0.3) is 0 Å². The zero-order valence-corrected chi connectivity index (χ0v) is 15.2. The molecule has 2 aromatic rings. The van der Waals surface area contributed by atoms with E-state index in [1.807, 2.05) is 13.8 Å². The van der Waals surface area contributed by atoms with Crippen LogP contribution >= 0.6 is 12.2 Å². The van der Waals surface area contributed by atoms with Gasteiger partial charge in [-0.3, -0.25) is 4.98 Å². The van der Waals surface area contributed by atoms with Gasteiger partial charge in [0.05, 0.1) is 19.3 Å². The Morgan fingerprint density at radius 1 is 1.27 bits per heavy atom. The van der Waals surface area contributed by atoms with Gasteiger partial charge in [0.2, 0.25) is 0 Å². The molecule has 2 N–H and O–H groups in total. The van der Waals surface area contributed by atoms with Gasteiger partial charge in [-0.1, -0.05) is 0 Å². The van der Waals surface area contributed by atoms with E-state index in [0.717, 1.165) is 22.6 Å². The summed E-state index contributed by atoms with van der Waals surface area (Å²) in [7, 11) is 1.61. The van der Waals surface area contributed by atoms with E-state index in [2.05, 4.69) is 25.1 Å². The fourth-order valence-corrected chi connectivity index (χ4v) is 2.81. The third kappa shape index (κ3) is 3.77. The number of aromatic nitrogens is 1. The maximum Gasteiger partial charge on any atom is 0.586 e. The van der Waals surface area contributed by atoms with Gasteiger partial charge in [-0.15, -0.1) is 8.78 Å². The summed E-state index contributed by atoms with van der Waals surface area (Å²) < 4.78 is 40.2. The van der Waals surface area contributed by atoms with E-state index in [4.69, 9.17) is 17.0 Å². The van der Waals surface area contributed by atoms with Crippen molar-refractivity contribution >= 4 is 23.0 Å². The van der Waals surface area contributed by atoms with Crippen LogP contribution < -0.4 is 24.8 Å². The molecule has 9 heteroatoms. The Hall–Kier alpha value is -2.68. The number of thiocarbonyl (C=S) groups is 1. The van der Waals surface area contributed by atoms with E-state index in [1.165, 1.54) is 12.1 Å². The van der Waals surface area contributed by atoms with Crippen LogP contribution in [0.2, 0.25) is 0 Å². The minimum atomic E-state index is -3.65. The number of methoxy groups -OCH3 is 1. The van der Waals surface area contributed by atoms with Crippen molar-refractivity contribution < 1.29 is 23.0 Å². The molecule has 3 rings (SSSR count). The highest BCUT2D eigenvalue weighted by molar-refractivity contribution is 7.80. The van der Waals surface area contributed by atoms with Crippen LogP contribution in [0.3, 0.4) is 0 Å². The van der Waals surface area contributed by atoms with Crippen molar-refractivity contribution in [2.24, 2.45) is 0 Å². The second-order valence-corrected chi connectivity index (χ2v) is 6.09. The fourth-order valence-electron chi connectivity index (χ4n) is 2.62. The molecule has 0 spiro atoms. The number of rotatable bonds is 4. The van der Waals surface area contributed by atoms with E-state index >= 15 is 0 Å². The summed E-state index contributed by atoms with van der Waals surface area (Å²) in [5, 5.41) is 6.25. The molecule has 2 heterocycles. The Morgan fingerprint density at radius 3 is 2.73 bits per heavy atom. The normalized spacial score (nSPS) is 14.0. The van der Waals surface area contributed by atoms with Crippen LogP contribution in [-0.4, -0.2) is 23.5 Å². The Morgan fingerprint density at radius 2 is 2.00 bits per heavy atom. The number of nitrogens with zero attached hydrogens (tertiary/aromatic N) is 1. The van der Waals surface area contributed by atoms with Crippen LogP contribution in [0.5, 0.6) is 17.2 Å². The molecule has 6 nitrogen and oxygen atoms in total. The number of aryl methyl sites for hydroxylation is 1. The van der Waals surface area contributed by atoms with Gasteiger partial charge in [0.15, 0.2) is 16.6 Å². The lowest BCUT2D eigenvalue weighted by atomic mass is 10.1. The lowest BCUT2D eigenvalue weighted by Gasteiger charge is -2.14. The molecular formula is C17H17F2N3O3S. The van der Waals surface area contributed by atoms with Crippen molar-refractivity contribution in [1.29, 1.82) is 0 Å². The number of alkyl halides is 2. The average molecular weight is 381 g/mol. The maximum absolute atomic E-state index is 13.0. The fraction of sp³-hybridized carbons (Fsp3) is 0.294. The highest BCUT2D eigenvalue weighted by Gasteiger charge is 2.43. The van der Waals surface area contributed by atoms with Crippen molar-refractivity contribution in [3.8, 4) is 17.2 Å². The molecule has 0 aliphatic carbocycles. The molecule has 0 unspecified atom stereocenters. The summed E-state index contributed by atoms with van der Waals surface area (Å²) >= 11 is 5.24. The molecule has 0 amide bonds. The molecule has 0 bridgehead atoms. The average Bonchev–Trinajstić information content (AvgIpc) is 2.87. The van der Waals surface area contributed by atoms with E-state index in [9.17, 15) is 8.78 Å². The number of hydrogen-bond acceptors (Lipinski definition) is 5. The van der Waals surface area contributed by atoms with E-state index in [-0.39, 0.29) is 11.5 Å². The third-order valence-corrected chi connectivity index (χ3v) is 4.07. The Kier molecular flexibility index (Phi) is 4.82. The Bertz CT molecular complexity index is 861. The maximum atomic E-state index is 13.0. The molecule has 26 heavy (non-hydrogen) atoms. The van der Waals surface area contributed by atoms with E-state index in [0.29, 0.717) is 17.3 Å². The molecule has 138 valence electrons. The molecule has 1 aromatic heterocycles. The van der Waals surface area contributed by atoms with E-state index < -0.39 is 6.29 Å². The Balaban J connectivity index is 1.62. The van der Waals surface area contributed by atoms with Gasteiger partial charge in [-0.25, -0.2) is 0 Å². The van der Waals surface area contributed by atoms with Crippen LogP contribution in [0.15, 0.2) is 24.4 Å². The number of anilines is 1. The first-order valence-electron chi connectivity index (χ1n) is 7.73. The van der Waals surface area contributed by atoms with Gasteiger partial charge in [-0.2, -0.15) is 0 Å². The molecule has 0 radical (unpaired) electrons. The first-order valence-corrected chi connectivity index (χ1v) is 8.13. The van der Waals surface area contributed by atoms with Crippen molar-refractivity contribution in [2.75, 3.05) is 12.4 Å². The quantitative estimate of drug-likeness (QED) is 0.786. The lowest BCUT2D eigenvalue weighted by molar-refractivity contribution is -0.286. The summed E-state index contributed by atoms with van der Waals surface area (Å²) in [5.41, 5.74) is 3.16. The van der Waals surface area contributed by atoms with Gasteiger partial charge < -0.3 is 24.8 Å². The van der Waals surface area contributed by atoms with Gasteiger partial charge in [0.1, 0.15) is 5.75 Å². The molecule has 0 saturated carbocycles. The van der Waals surface area contributed by atoms with Crippen LogP contribution in [-0.2, 0) is 6.54 Å². The second-order valence-electron chi connectivity index (χ2n) is 5.68. The second kappa shape index (κ2) is 6.91. The smallest absolute Gasteiger partial charge is 0.496 e. The molecular weight excluding hydrogens is 364 g/mol. The SMILES string of the molecule is COc1c(C)cnc(CNC(=S)Nc2ccc3c(c2)OC(F)(F)O3)c1C. The number of benzene rings is 1. The number of fused-ring (bicyclic) bond motifs is 1. The van der Waals surface area contributed by atoms with Gasteiger partial charge >= 0.3 is 6.29 Å². The largest absolute Gasteiger partial charge is 0.586 e. The first kappa shape index (κ1) is 18.1. The van der Waals surface area contributed by atoms with Crippen molar-refractivity contribution in [3.05, 3.63) is 41.2 Å². The highest BCUT2D eigenvalue weighted by atomic mass is 32.1. The molecule has 1 aromatic carbocycles. The predicted octanol–water partition coefficient (Wildman–Crippen LogP) is 3.52. The molecule has 0 atom stereocenters. The molecule has 0 fully saturated rings. The van der Waals surface area contributed by atoms with E-state index in [1.54, 1.807) is 19.4 Å². The molecule has 1 aliphatic rings. The standard InChI is InChI=1S/C17H17F2N3O3S/c1-9-7-20-12(10(2)15(9)23-3)8-21-16(26)22-11-4-5-13-14(6-11)25-17(18,19)24-13/h4-7H,8H2,1-3H3,(H2,21,22,26). The summed E-state index contributed by atoms with van der Waals surface area (Å²) in [6.07, 6.45) is -1.91. The highest BCUT2D eigenvalue weighted by Crippen LogP contribution is 2.42. The minimum absolute atomic E-state index is 0.0222. The van der Waals surface area contributed by atoms with Gasteiger partial charge in [0, 0.05) is 29.1 Å². The summed E-state index contributed by atoms with van der Waals surface area (Å²) in [4.78, 5) is 4.38. The Labute approximate surface area is 154 Å². The first-order chi connectivity index (χ1) is 12.3. The zero-order chi connectivity index (χ0) is 18.9. The zero-order valence-electron chi connectivity index (χ0n) is 14.4. The van der Waals surface area contributed by atoms with Crippen LogP contribution in [0.1, 0.15) is 16.8 Å². The molecule has 0 saturated heterocycles. The number of nitrogens with one attached hydrogen (secondary N) is 2. The summed E-state index contributed by atoms with van der Waals surface area (Å²) in [6.45, 7) is 4.23. The topological polar surface area (TPSA) is 64.6 Å². The van der Waals surface area contributed by atoms with Crippen molar-refractivity contribution in [1.82, 2.24) is 10.3 Å². The molecule has 1 aliphatic heterocycles. The third-order valence-electron chi connectivity index (χ3n) is 3.83. The predicted molar refractivity (Wildman–Crippen MR) is 96.0 cm³/mol. The summed E-state index contributed by atoms with van der Waals surface area (Å²) in [5.74, 6) is 0.710. The monoisotopic (exact) mass is 381 g/mol. The lowest BCUT2D eigenvalue weighted by Crippen LogP contribution is -2.28. The number of pyridine rings is 1. The minimum Gasteiger partial charge on any atom is -0.496 e. The van der Waals surface area contributed by atoms with Crippen molar-refractivity contribution in [2.45, 2.75) is 26.7 Å². The number of ether oxygens (including phenoxy) is 3. The van der Waals surface area contributed by atoms with Crippen molar-refractivity contribution in [3.63, 3.8) is 0 Å². The summed E-state index contributed by atoms with van der Waals surface area (Å²) in [6, 6.07) is 4.34.